The lowest BCUT2D eigenvalue weighted by Crippen LogP contribution is -2.32. The summed E-state index contributed by atoms with van der Waals surface area (Å²) in [5.41, 5.74) is 6.87. The van der Waals surface area contributed by atoms with Gasteiger partial charge in [-0.05, 0) is 43.9 Å². The molecule has 0 radical (unpaired) electrons. The fourth-order valence-corrected chi connectivity index (χ4v) is 3.52. The number of benzene rings is 1. The molecule has 1 spiro atoms. The average molecular weight is 286 g/mol. The second kappa shape index (κ2) is 5.95. The van der Waals surface area contributed by atoms with Crippen LogP contribution >= 0.6 is 0 Å². The van der Waals surface area contributed by atoms with Crippen molar-refractivity contribution in [2.75, 3.05) is 12.3 Å². The SMILES string of the molecule is N#Cc1cc(N)ccc1OCC1CCC2(CCCCC2)O1. The summed E-state index contributed by atoms with van der Waals surface area (Å²) >= 11 is 0. The van der Waals surface area contributed by atoms with Crippen molar-refractivity contribution in [3.05, 3.63) is 23.8 Å². The van der Waals surface area contributed by atoms with E-state index in [1.165, 1.54) is 32.1 Å². The molecule has 2 aliphatic rings. The Morgan fingerprint density at radius 1 is 1.29 bits per heavy atom. The van der Waals surface area contributed by atoms with E-state index < -0.39 is 0 Å². The van der Waals surface area contributed by atoms with Crippen LogP contribution in [0.25, 0.3) is 0 Å². The highest BCUT2D eigenvalue weighted by atomic mass is 16.6. The maximum atomic E-state index is 9.12. The van der Waals surface area contributed by atoms with Gasteiger partial charge in [0.05, 0.1) is 17.3 Å². The Morgan fingerprint density at radius 2 is 2.10 bits per heavy atom. The van der Waals surface area contributed by atoms with E-state index in [9.17, 15) is 0 Å². The molecule has 0 amide bonds. The van der Waals surface area contributed by atoms with Gasteiger partial charge in [-0.1, -0.05) is 19.3 Å². The summed E-state index contributed by atoms with van der Waals surface area (Å²) in [6.45, 7) is 0.514. The normalized spacial score (nSPS) is 23.9. The molecule has 4 heteroatoms. The van der Waals surface area contributed by atoms with Gasteiger partial charge in [-0.25, -0.2) is 0 Å². The van der Waals surface area contributed by atoms with Gasteiger partial charge in [0.25, 0.3) is 0 Å². The minimum Gasteiger partial charge on any atom is -0.489 e. The van der Waals surface area contributed by atoms with Gasteiger partial charge in [0, 0.05) is 5.69 Å². The third-order valence-corrected chi connectivity index (χ3v) is 4.65. The molecule has 2 N–H and O–H groups in total. The van der Waals surface area contributed by atoms with E-state index in [2.05, 4.69) is 6.07 Å². The first-order valence-electron chi connectivity index (χ1n) is 7.81. The summed E-state index contributed by atoms with van der Waals surface area (Å²) in [5, 5.41) is 9.12. The van der Waals surface area contributed by atoms with Gasteiger partial charge in [-0.15, -0.1) is 0 Å². The zero-order valence-corrected chi connectivity index (χ0v) is 12.3. The minimum absolute atomic E-state index is 0.117. The largest absolute Gasteiger partial charge is 0.489 e. The molecule has 3 rings (SSSR count). The highest BCUT2D eigenvalue weighted by Gasteiger charge is 2.40. The molecule has 1 aliphatic heterocycles. The lowest BCUT2D eigenvalue weighted by Gasteiger charge is -2.33. The summed E-state index contributed by atoms with van der Waals surface area (Å²) in [4.78, 5) is 0. The Morgan fingerprint density at radius 3 is 2.86 bits per heavy atom. The summed E-state index contributed by atoms with van der Waals surface area (Å²) in [7, 11) is 0. The lowest BCUT2D eigenvalue weighted by molar-refractivity contribution is -0.0748. The molecule has 1 aromatic rings. The summed E-state index contributed by atoms with van der Waals surface area (Å²) < 4.78 is 12.1. The Labute approximate surface area is 125 Å². The van der Waals surface area contributed by atoms with Crippen LogP contribution in [0.15, 0.2) is 18.2 Å². The number of hydrogen-bond acceptors (Lipinski definition) is 4. The molecule has 1 atom stereocenters. The van der Waals surface area contributed by atoms with E-state index in [-0.39, 0.29) is 11.7 Å². The molecule has 21 heavy (non-hydrogen) atoms. The minimum atomic E-state index is 0.117. The Hall–Kier alpha value is -1.73. The van der Waals surface area contributed by atoms with Crippen molar-refractivity contribution >= 4 is 5.69 Å². The first-order valence-corrected chi connectivity index (χ1v) is 7.81. The van der Waals surface area contributed by atoms with Crippen molar-refractivity contribution in [2.24, 2.45) is 0 Å². The lowest BCUT2D eigenvalue weighted by atomic mass is 9.83. The smallest absolute Gasteiger partial charge is 0.137 e. The number of ether oxygens (including phenoxy) is 2. The molecular weight excluding hydrogens is 264 g/mol. The second-order valence-electron chi connectivity index (χ2n) is 6.20. The summed E-state index contributed by atoms with van der Waals surface area (Å²) in [6.07, 6.45) is 8.62. The molecular formula is C17H22N2O2. The van der Waals surface area contributed by atoms with Gasteiger partial charge in [0.1, 0.15) is 18.4 Å². The Kier molecular flexibility index (Phi) is 4.03. The molecule has 1 unspecified atom stereocenters. The van der Waals surface area contributed by atoms with Crippen molar-refractivity contribution in [1.82, 2.24) is 0 Å². The van der Waals surface area contributed by atoms with Crippen LogP contribution in [0.1, 0.15) is 50.5 Å². The van der Waals surface area contributed by atoms with Crippen LogP contribution in [-0.4, -0.2) is 18.3 Å². The van der Waals surface area contributed by atoms with Gasteiger partial charge >= 0.3 is 0 Å². The predicted molar refractivity (Wildman–Crippen MR) is 81.0 cm³/mol. The predicted octanol–water partition coefficient (Wildman–Crippen LogP) is 3.40. The van der Waals surface area contributed by atoms with Gasteiger partial charge in [-0.3, -0.25) is 0 Å². The van der Waals surface area contributed by atoms with Crippen LogP contribution in [0.5, 0.6) is 5.75 Å². The van der Waals surface area contributed by atoms with Gasteiger partial charge in [-0.2, -0.15) is 5.26 Å². The van der Waals surface area contributed by atoms with Gasteiger partial charge < -0.3 is 15.2 Å². The van der Waals surface area contributed by atoms with Crippen molar-refractivity contribution in [1.29, 1.82) is 5.26 Å². The van der Waals surface area contributed by atoms with Crippen LogP contribution in [0.2, 0.25) is 0 Å². The first kappa shape index (κ1) is 14.2. The number of nitrogen functional groups attached to an aromatic ring is 1. The molecule has 0 bridgehead atoms. The van der Waals surface area contributed by atoms with E-state index in [1.807, 2.05) is 0 Å². The van der Waals surface area contributed by atoms with Crippen LogP contribution < -0.4 is 10.5 Å². The number of hydrogen-bond donors (Lipinski definition) is 1. The number of rotatable bonds is 3. The average Bonchev–Trinajstić information content (AvgIpc) is 2.89. The topological polar surface area (TPSA) is 68.3 Å². The number of nitriles is 1. The third-order valence-electron chi connectivity index (χ3n) is 4.65. The Balaban J connectivity index is 1.58. The van der Waals surface area contributed by atoms with E-state index in [0.29, 0.717) is 23.6 Å². The van der Waals surface area contributed by atoms with E-state index in [4.69, 9.17) is 20.5 Å². The zero-order valence-electron chi connectivity index (χ0n) is 12.3. The van der Waals surface area contributed by atoms with Crippen LogP contribution in [0.4, 0.5) is 5.69 Å². The van der Waals surface area contributed by atoms with Crippen LogP contribution in [0, 0.1) is 11.3 Å². The van der Waals surface area contributed by atoms with Crippen LogP contribution in [-0.2, 0) is 4.74 Å². The Bertz CT molecular complexity index is 544. The highest BCUT2D eigenvalue weighted by molar-refractivity contribution is 5.53. The summed E-state index contributed by atoms with van der Waals surface area (Å²) in [6, 6.07) is 7.29. The fraction of sp³-hybridized carbons (Fsp3) is 0.588. The number of nitrogens with zero attached hydrogens (tertiary/aromatic N) is 1. The first-order chi connectivity index (χ1) is 10.2. The molecule has 1 heterocycles. The molecule has 0 aromatic heterocycles. The van der Waals surface area contributed by atoms with Crippen molar-refractivity contribution in [3.8, 4) is 11.8 Å². The van der Waals surface area contributed by atoms with E-state index in [0.717, 1.165) is 12.8 Å². The molecule has 4 nitrogen and oxygen atoms in total. The standard InChI is InChI=1S/C17H22N2O2/c18-11-13-10-14(19)4-5-16(13)20-12-15-6-9-17(21-15)7-2-1-3-8-17/h4-5,10,15H,1-3,6-9,12,19H2. The molecule has 1 saturated heterocycles. The molecule has 1 aromatic carbocycles. The second-order valence-corrected chi connectivity index (χ2v) is 6.20. The molecule has 2 fully saturated rings. The zero-order chi connectivity index (χ0) is 14.7. The van der Waals surface area contributed by atoms with E-state index in [1.54, 1.807) is 18.2 Å². The van der Waals surface area contributed by atoms with Crippen molar-refractivity contribution in [3.63, 3.8) is 0 Å². The van der Waals surface area contributed by atoms with E-state index >= 15 is 0 Å². The molecule has 112 valence electrons. The monoisotopic (exact) mass is 286 g/mol. The fourth-order valence-electron chi connectivity index (χ4n) is 3.52. The van der Waals surface area contributed by atoms with Crippen molar-refractivity contribution < 1.29 is 9.47 Å². The van der Waals surface area contributed by atoms with Crippen LogP contribution in [0.3, 0.4) is 0 Å². The third kappa shape index (κ3) is 3.14. The van der Waals surface area contributed by atoms with Gasteiger partial charge in [0.2, 0.25) is 0 Å². The maximum Gasteiger partial charge on any atom is 0.137 e. The number of anilines is 1. The van der Waals surface area contributed by atoms with Gasteiger partial charge in [0.15, 0.2) is 0 Å². The van der Waals surface area contributed by atoms with Crippen molar-refractivity contribution in [2.45, 2.75) is 56.7 Å². The number of nitrogens with two attached hydrogens (primary N) is 1. The quantitative estimate of drug-likeness (QED) is 0.865. The maximum absolute atomic E-state index is 9.12. The summed E-state index contributed by atoms with van der Waals surface area (Å²) in [5.74, 6) is 0.597. The highest BCUT2D eigenvalue weighted by Crippen LogP contribution is 2.42. The molecule has 1 aliphatic carbocycles. The molecule has 1 saturated carbocycles.